The lowest BCUT2D eigenvalue weighted by Gasteiger charge is -2.16. The Balaban J connectivity index is 1.60. The van der Waals surface area contributed by atoms with Crippen molar-refractivity contribution < 1.29 is 23.9 Å². The minimum atomic E-state index is -0.467. The first kappa shape index (κ1) is 26.8. The Kier molecular flexibility index (Phi) is 11.5. The first-order chi connectivity index (χ1) is 16.4. The van der Waals surface area contributed by atoms with Gasteiger partial charge in [-0.05, 0) is 41.7 Å². The fourth-order valence-corrected chi connectivity index (χ4v) is 3.15. The number of benzene rings is 2. The van der Waals surface area contributed by atoms with Crippen LogP contribution in [0, 0.1) is 0 Å². The summed E-state index contributed by atoms with van der Waals surface area (Å²) in [5.41, 5.74) is 6.91. The zero-order valence-electron chi connectivity index (χ0n) is 19.5. The molecular formula is C25H31N3O5S. The van der Waals surface area contributed by atoms with E-state index in [9.17, 15) is 14.4 Å². The number of carbonyl (C=O) groups excluding carboxylic acids is 3. The maximum atomic E-state index is 12.0. The van der Waals surface area contributed by atoms with Crippen LogP contribution in [0.2, 0.25) is 0 Å². The molecule has 0 saturated heterocycles. The van der Waals surface area contributed by atoms with E-state index in [0.717, 1.165) is 17.5 Å². The van der Waals surface area contributed by atoms with Crippen LogP contribution in [-0.4, -0.2) is 36.1 Å². The third-order valence-corrected chi connectivity index (χ3v) is 5.25. The molecule has 2 aromatic carbocycles. The highest BCUT2D eigenvalue weighted by Crippen LogP contribution is 2.28. The topological polar surface area (TPSA) is 106 Å². The summed E-state index contributed by atoms with van der Waals surface area (Å²) in [6, 6.07) is 17.2. The predicted molar refractivity (Wildman–Crippen MR) is 133 cm³/mol. The lowest BCUT2D eigenvalue weighted by Crippen LogP contribution is -2.49. The van der Waals surface area contributed by atoms with Crippen molar-refractivity contribution in [3.8, 4) is 5.75 Å². The number of rotatable bonds is 11. The number of hydrogen-bond donors (Lipinski definition) is 3. The summed E-state index contributed by atoms with van der Waals surface area (Å²) in [6.45, 7) is 4.21. The molecular weight excluding hydrogens is 454 g/mol. The number of amides is 2. The average Bonchev–Trinajstić information content (AvgIpc) is 2.85. The SMILES string of the molecule is CCC(C)c1ccccc1OCC(=O)NNC(=S)NC(=O)CCC(=O)OCCc1ccccc1. The van der Waals surface area contributed by atoms with Crippen molar-refractivity contribution in [1.29, 1.82) is 0 Å². The van der Waals surface area contributed by atoms with Crippen molar-refractivity contribution in [3.63, 3.8) is 0 Å². The highest BCUT2D eigenvalue weighted by Gasteiger charge is 2.12. The van der Waals surface area contributed by atoms with Crippen LogP contribution in [0.4, 0.5) is 0 Å². The van der Waals surface area contributed by atoms with Crippen LogP contribution in [0.5, 0.6) is 5.75 Å². The fourth-order valence-electron chi connectivity index (χ4n) is 2.98. The van der Waals surface area contributed by atoms with Gasteiger partial charge < -0.3 is 14.8 Å². The first-order valence-corrected chi connectivity index (χ1v) is 11.6. The van der Waals surface area contributed by atoms with E-state index in [1.54, 1.807) is 0 Å². The Labute approximate surface area is 205 Å². The summed E-state index contributed by atoms with van der Waals surface area (Å²) in [5.74, 6) is -0.434. The Morgan fingerprint density at radius 2 is 1.65 bits per heavy atom. The lowest BCUT2D eigenvalue weighted by molar-refractivity contribution is -0.144. The van der Waals surface area contributed by atoms with Crippen molar-refractivity contribution in [3.05, 3.63) is 65.7 Å². The van der Waals surface area contributed by atoms with Crippen molar-refractivity contribution in [1.82, 2.24) is 16.2 Å². The third-order valence-electron chi connectivity index (χ3n) is 5.04. The van der Waals surface area contributed by atoms with Gasteiger partial charge in [0.2, 0.25) is 5.91 Å². The van der Waals surface area contributed by atoms with Gasteiger partial charge in [0.05, 0.1) is 13.0 Å². The van der Waals surface area contributed by atoms with E-state index < -0.39 is 17.8 Å². The summed E-state index contributed by atoms with van der Waals surface area (Å²) in [5, 5.41) is 2.31. The maximum Gasteiger partial charge on any atom is 0.306 e. The van der Waals surface area contributed by atoms with Gasteiger partial charge in [0.25, 0.3) is 5.91 Å². The molecule has 8 nitrogen and oxygen atoms in total. The number of thiocarbonyl (C=S) groups is 1. The molecule has 34 heavy (non-hydrogen) atoms. The number of nitrogens with one attached hydrogen (secondary N) is 3. The monoisotopic (exact) mass is 485 g/mol. The van der Waals surface area contributed by atoms with E-state index in [2.05, 4.69) is 30.0 Å². The average molecular weight is 486 g/mol. The second kappa shape index (κ2) is 14.6. The minimum Gasteiger partial charge on any atom is -0.483 e. The van der Waals surface area contributed by atoms with E-state index in [-0.39, 0.29) is 31.2 Å². The van der Waals surface area contributed by atoms with Crippen LogP contribution in [0.15, 0.2) is 54.6 Å². The van der Waals surface area contributed by atoms with Crippen molar-refractivity contribution in [2.75, 3.05) is 13.2 Å². The molecule has 0 heterocycles. The van der Waals surface area contributed by atoms with Crippen LogP contribution in [0.25, 0.3) is 0 Å². The summed E-state index contributed by atoms with van der Waals surface area (Å²) in [6.07, 6.45) is 1.40. The Morgan fingerprint density at radius 1 is 0.941 bits per heavy atom. The van der Waals surface area contributed by atoms with Crippen LogP contribution < -0.4 is 20.9 Å². The molecule has 182 valence electrons. The molecule has 2 amide bonds. The van der Waals surface area contributed by atoms with Crippen LogP contribution in [-0.2, 0) is 25.5 Å². The molecule has 0 aliphatic rings. The van der Waals surface area contributed by atoms with Gasteiger partial charge in [-0.3, -0.25) is 25.2 Å². The Bertz CT molecular complexity index is 968. The zero-order chi connectivity index (χ0) is 24.8. The van der Waals surface area contributed by atoms with Gasteiger partial charge in [-0.25, -0.2) is 0 Å². The Hall–Kier alpha value is -3.46. The largest absolute Gasteiger partial charge is 0.483 e. The molecule has 2 aromatic rings. The number of hydrogen-bond acceptors (Lipinski definition) is 6. The molecule has 1 unspecified atom stereocenters. The normalized spacial score (nSPS) is 11.1. The molecule has 9 heteroatoms. The van der Waals surface area contributed by atoms with E-state index in [1.165, 1.54) is 0 Å². The summed E-state index contributed by atoms with van der Waals surface area (Å²) in [4.78, 5) is 35.8. The van der Waals surface area contributed by atoms with Crippen LogP contribution >= 0.6 is 12.2 Å². The van der Waals surface area contributed by atoms with Gasteiger partial charge in [0.15, 0.2) is 11.7 Å². The number of esters is 1. The summed E-state index contributed by atoms with van der Waals surface area (Å²) in [7, 11) is 0. The van der Waals surface area contributed by atoms with E-state index in [4.69, 9.17) is 21.7 Å². The Morgan fingerprint density at radius 3 is 2.38 bits per heavy atom. The first-order valence-electron chi connectivity index (χ1n) is 11.2. The molecule has 0 fully saturated rings. The minimum absolute atomic E-state index is 0.0704. The second-order valence-electron chi connectivity index (χ2n) is 7.64. The van der Waals surface area contributed by atoms with E-state index in [0.29, 0.717) is 18.1 Å². The molecule has 1 atom stereocenters. The number of hydrazine groups is 1. The molecule has 2 rings (SSSR count). The van der Waals surface area contributed by atoms with Crippen molar-refractivity contribution >= 4 is 35.1 Å². The highest BCUT2D eigenvalue weighted by molar-refractivity contribution is 7.80. The van der Waals surface area contributed by atoms with E-state index in [1.807, 2.05) is 54.6 Å². The lowest BCUT2D eigenvalue weighted by atomic mass is 9.98. The van der Waals surface area contributed by atoms with Crippen LogP contribution in [0.1, 0.15) is 50.2 Å². The van der Waals surface area contributed by atoms with E-state index >= 15 is 0 Å². The molecule has 0 aliphatic carbocycles. The summed E-state index contributed by atoms with van der Waals surface area (Å²) >= 11 is 4.99. The molecule has 0 radical (unpaired) electrons. The van der Waals surface area contributed by atoms with Gasteiger partial charge in [0.1, 0.15) is 5.75 Å². The number of ether oxygens (including phenoxy) is 2. The maximum absolute atomic E-state index is 12.0. The number of para-hydroxylation sites is 1. The van der Waals surface area contributed by atoms with Gasteiger partial charge >= 0.3 is 5.97 Å². The van der Waals surface area contributed by atoms with Gasteiger partial charge in [-0.2, -0.15) is 0 Å². The van der Waals surface area contributed by atoms with Crippen molar-refractivity contribution in [2.45, 2.75) is 45.4 Å². The molecule has 0 bridgehead atoms. The highest BCUT2D eigenvalue weighted by atomic mass is 32.1. The zero-order valence-corrected chi connectivity index (χ0v) is 20.3. The summed E-state index contributed by atoms with van der Waals surface area (Å²) < 4.78 is 10.8. The molecule has 0 aromatic heterocycles. The number of carbonyl (C=O) groups is 3. The van der Waals surface area contributed by atoms with Gasteiger partial charge in [0, 0.05) is 12.8 Å². The second-order valence-corrected chi connectivity index (χ2v) is 8.05. The molecule has 0 saturated carbocycles. The van der Waals surface area contributed by atoms with Gasteiger partial charge in [-0.15, -0.1) is 0 Å². The van der Waals surface area contributed by atoms with Crippen LogP contribution in [0.3, 0.4) is 0 Å². The quantitative estimate of drug-likeness (QED) is 0.255. The van der Waals surface area contributed by atoms with Gasteiger partial charge in [-0.1, -0.05) is 62.4 Å². The standard InChI is InChI=1S/C25H31N3O5S/c1-3-18(2)20-11-7-8-12-21(20)33-17-23(30)27-28-25(34)26-22(29)13-14-24(31)32-16-15-19-9-5-4-6-10-19/h4-12,18H,3,13-17H2,1-2H3,(H,27,30)(H2,26,28,29,34). The van der Waals surface area contributed by atoms with Crippen molar-refractivity contribution in [2.24, 2.45) is 0 Å². The smallest absolute Gasteiger partial charge is 0.306 e. The predicted octanol–water partition coefficient (Wildman–Crippen LogP) is 3.17. The third kappa shape index (κ3) is 9.99. The molecule has 3 N–H and O–H groups in total. The molecule has 0 spiro atoms. The molecule has 0 aliphatic heterocycles. The fraction of sp³-hybridized carbons (Fsp3) is 0.360.